The molecule has 5 heteroatoms. The second kappa shape index (κ2) is 5.56. The smallest absolute Gasteiger partial charge is 0.254 e. The van der Waals surface area contributed by atoms with E-state index in [1.165, 1.54) is 0 Å². The Morgan fingerprint density at radius 2 is 2.14 bits per heavy atom. The fourth-order valence-electron chi connectivity index (χ4n) is 2.83. The Morgan fingerprint density at radius 3 is 2.81 bits per heavy atom. The van der Waals surface area contributed by atoms with Gasteiger partial charge >= 0.3 is 0 Å². The van der Waals surface area contributed by atoms with E-state index in [1.807, 2.05) is 36.1 Å². The Morgan fingerprint density at radius 1 is 1.38 bits per heavy atom. The second-order valence-electron chi connectivity index (χ2n) is 5.81. The molecule has 0 aliphatic carbocycles. The van der Waals surface area contributed by atoms with Gasteiger partial charge in [-0.25, -0.2) is 0 Å². The lowest BCUT2D eigenvalue weighted by molar-refractivity contribution is -0.159. The molecule has 3 rings (SSSR count). The molecule has 21 heavy (non-hydrogen) atoms. The summed E-state index contributed by atoms with van der Waals surface area (Å²) in [5.41, 5.74) is -0.624. The van der Waals surface area contributed by atoms with Crippen LogP contribution in [-0.4, -0.2) is 49.3 Å². The number of rotatable bonds is 4. The molecule has 0 N–H and O–H groups in total. The minimum Gasteiger partial charge on any atom is -0.497 e. The molecule has 2 heterocycles. The van der Waals surface area contributed by atoms with Crippen LogP contribution in [0.5, 0.6) is 11.5 Å². The normalized spacial score (nSPS) is 25.5. The highest BCUT2D eigenvalue weighted by Crippen LogP contribution is 2.30. The molecule has 2 aliphatic heterocycles. The van der Waals surface area contributed by atoms with Crippen LogP contribution in [0, 0.1) is 0 Å². The first-order valence-electron chi connectivity index (χ1n) is 7.35. The molecule has 1 amide bonds. The molecule has 0 aromatic heterocycles. The van der Waals surface area contributed by atoms with Crippen molar-refractivity contribution in [2.24, 2.45) is 0 Å². The number of likely N-dealkylation sites (tertiary alicyclic amines) is 1. The molecule has 2 fully saturated rings. The third-order valence-electron chi connectivity index (χ3n) is 4.15. The minimum atomic E-state index is -0.624. The van der Waals surface area contributed by atoms with E-state index in [9.17, 15) is 4.79 Å². The van der Waals surface area contributed by atoms with Crippen LogP contribution in [0.2, 0.25) is 0 Å². The quantitative estimate of drug-likeness (QED) is 0.849. The van der Waals surface area contributed by atoms with E-state index in [0.717, 1.165) is 24.3 Å². The maximum absolute atomic E-state index is 12.4. The largest absolute Gasteiger partial charge is 0.497 e. The summed E-state index contributed by atoms with van der Waals surface area (Å²) in [6.45, 7) is 3.81. The van der Waals surface area contributed by atoms with Gasteiger partial charge < -0.3 is 19.1 Å². The van der Waals surface area contributed by atoms with E-state index in [0.29, 0.717) is 19.7 Å². The highest BCUT2D eigenvalue weighted by atomic mass is 16.5. The topological polar surface area (TPSA) is 48.0 Å². The van der Waals surface area contributed by atoms with Gasteiger partial charge in [0, 0.05) is 12.7 Å². The molecule has 2 saturated heterocycles. The van der Waals surface area contributed by atoms with Crippen LogP contribution < -0.4 is 9.47 Å². The zero-order valence-electron chi connectivity index (χ0n) is 12.5. The summed E-state index contributed by atoms with van der Waals surface area (Å²) in [6, 6.07) is 7.52. The first kappa shape index (κ1) is 14.2. The SMILES string of the molecule is COc1cccc(OC2CN(C(=O)[C@@]3(C)CCCO3)C2)c1. The molecule has 2 aliphatic rings. The van der Waals surface area contributed by atoms with Crippen LogP contribution in [-0.2, 0) is 9.53 Å². The van der Waals surface area contributed by atoms with E-state index in [1.54, 1.807) is 7.11 Å². The lowest BCUT2D eigenvalue weighted by atomic mass is 9.98. The zero-order chi connectivity index (χ0) is 14.9. The molecule has 0 bridgehead atoms. The molecular weight excluding hydrogens is 270 g/mol. The van der Waals surface area contributed by atoms with Gasteiger partial charge in [0.2, 0.25) is 0 Å². The highest BCUT2D eigenvalue weighted by molar-refractivity contribution is 5.85. The Bertz CT molecular complexity index is 519. The first-order chi connectivity index (χ1) is 10.1. The van der Waals surface area contributed by atoms with Gasteiger partial charge in [-0.15, -0.1) is 0 Å². The molecule has 1 atom stereocenters. The number of nitrogens with zero attached hydrogens (tertiary/aromatic N) is 1. The summed E-state index contributed by atoms with van der Waals surface area (Å²) in [5, 5.41) is 0. The van der Waals surface area contributed by atoms with E-state index < -0.39 is 5.60 Å². The number of amides is 1. The Labute approximate surface area is 124 Å². The third-order valence-corrected chi connectivity index (χ3v) is 4.15. The van der Waals surface area contributed by atoms with Crippen LogP contribution in [0.15, 0.2) is 24.3 Å². The molecular formula is C16H21NO4. The Kier molecular flexibility index (Phi) is 3.76. The van der Waals surface area contributed by atoms with Crippen molar-refractivity contribution in [1.82, 2.24) is 4.90 Å². The summed E-state index contributed by atoms with van der Waals surface area (Å²) in [6.07, 6.45) is 1.81. The van der Waals surface area contributed by atoms with Crippen molar-refractivity contribution in [3.63, 3.8) is 0 Å². The fourth-order valence-corrected chi connectivity index (χ4v) is 2.83. The number of carbonyl (C=O) groups excluding carboxylic acids is 1. The van der Waals surface area contributed by atoms with Crippen LogP contribution in [0.25, 0.3) is 0 Å². The summed E-state index contributed by atoms with van der Waals surface area (Å²) in [7, 11) is 1.63. The fraction of sp³-hybridized carbons (Fsp3) is 0.562. The average molecular weight is 291 g/mol. The van der Waals surface area contributed by atoms with Gasteiger partial charge in [0.05, 0.1) is 20.2 Å². The average Bonchev–Trinajstić information content (AvgIpc) is 2.90. The molecule has 0 saturated carbocycles. The predicted octanol–water partition coefficient (Wildman–Crippen LogP) is 1.85. The van der Waals surface area contributed by atoms with Crippen molar-refractivity contribution in [3.8, 4) is 11.5 Å². The highest BCUT2D eigenvalue weighted by Gasteiger charge is 2.45. The lowest BCUT2D eigenvalue weighted by Crippen LogP contribution is -2.61. The Balaban J connectivity index is 1.52. The lowest BCUT2D eigenvalue weighted by Gasteiger charge is -2.42. The van der Waals surface area contributed by atoms with Gasteiger partial charge in [0.25, 0.3) is 5.91 Å². The first-order valence-corrected chi connectivity index (χ1v) is 7.35. The van der Waals surface area contributed by atoms with Crippen LogP contribution in [0.4, 0.5) is 0 Å². The van der Waals surface area contributed by atoms with Crippen LogP contribution in [0.3, 0.4) is 0 Å². The van der Waals surface area contributed by atoms with E-state index in [-0.39, 0.29) is 12.0 Å². The molecule has 1 aromatic carbocycles. The maximum atomic E-state index is 12.4. The van der Waals surface area contributed by atoms with Crippen molar-refractivity contribution in [1.29, 1.82) is 0 Å². The zero-order valence-corrected chi connectivity index (χ0v) is 12.5. The molecule has 0 spiro atoms. The predicted molar refractivity (Wildman–Crippen MR) is 77.6 cm³/mol. The number of carbonyl (C=O) groups is 1. The number of methoxy groups -OCH3 is 1. The van der Waals surface area contributed by atoms with E-state index in [4.69, 9.17) is 14.2 Å². The van der Waals surface area contributed by atoms with Gasteiger partial charge in [0.1, 0.15) is 23.2 Å². The minimum absolute atomic E-state index is 0.0473. The number of hydrogen-bond donors (Lipinski definition) is 0. The van der Waals surface area contributed by atoms with Crippen LogP contribution in [0.1, 0.15) is 19.8 Å². The standard InChI is InChI=1S/C16H21NO4/c1-16(7-4-8-20-16)15(18)17-10-14(11-17)21-13-6-3-5-12(9-13)19-2/h3,5-6,9,14H,4,7-8,10-11H2,1-2H3/t16-/m1/s1. The van der Waals surface area contributed by atoms with Gasteiger partial charge in [-0.05, 0) is 31.9 Å². The van der Waals surface area contributed by atoms with Gasteiger partial charge in [-0.3, -0.25) is 4.79 Å². The van der Waals surface area contributed by atoms with Gasteiger partial charge in [-0.2, -0.15) is 0 Å². The van der Waals surface area contributed by atoms with Gasteiger partial charge in [0.15, 0.2) is 0 Å². The molecule has 5 nitrogen and oxygen atoms in total. The summed E-state index contributed by atoms with van der Waals surface area (Å²) >= 11 is 0. The second-order valence-corrected chi connectivity index (χ2v) is 5.81. The van der Waals surface area contributed by atoms with Crippen molar-refractivity contribution in [2.45, 2.75) is 31.5 Å². The summed E-state index contributed by atoms with van der Waals surface area (Å²) in [4.78, 5) is 14.2. The summed E-state index contributed by atoms with van der Waals surface area (Å²) < 4.78 is 16.6. The van der Waals surface area contributed by atoms with Crippen molar-refractivity contribution >= 4 is 5.91 Å². The van der Waals surface area contributed by atoms with Crippen molar-refractivity contribution in [3.05, 3.63) is 24.3 Å². The number of hydrogen-bond acceptors (Lipinski definition) is 4. The van der Waals surface area contributed by atoms with E-state index >= 15 is 0 Å². The molecule has 114 valence electrons. The number of benzene rings is 1. The van der Waals surface area contributed by atoms with E-state index in [2.05, 4.69) is 0 Å². The Hall–Kier alpha value is -1.75. The van der Waals surface area contributed by atoms with Crippen LogP contribution >= 0.6 is 0 Å². The number of ether oxygens (including phenoxy) is 3. The third kappa shape index (κ3) is 2.83. The monoisotopic (exact) mass is 291 g/mol. The summed E-state index contributed by atoms with van der Waals surface area (Å²) in [5.74, 6) is 1.63. The molecule has 0 radical (unpaired) electrons. The molecule has 1 aromatic rings. The molecule has 0 unspecified atom stereocenters. The van der Waals surface area contributed by atoms with Crippen molar-refractivity contribution in [2.75, 3.05) is 26.8 Å². The van der Waals surface area contributed by atoms with Crippen molar-refractivity contribution < 1.29 is 19.0 Å². The maximum Gasteiger partial charge on any atom is 0.254 e. The van der Waals surface area contributed by atoms with Gasteiger partial charge in [-0.1, -0.05) is 6.07 Å².